The molecule has 0 aromatic heterocycles. The molecule has 0 saturated heterocycles. The van der Waals surface area contributed by atoms with Crippen LogP contribution in [0.2, 0.25) is 0 Å². The molecule has 0 spiro atoms. The molecule has 1 aromatic rings. The van der Waals surface area contributed by atoms with E-state index < -0.39 is 26.3 Å². The first-order chi connectivity index (χ1) is 6.38. The molecular weight excluding hydrogens is 209 g/mol. The molecule has 0 unspecified atom stereocenters. The lowest BCUT2D eigenvalue weighted by atomic mass is 10.2. The first kappa shape index (κ1) is 10.9. The second-order valence-electron chi connectivity index (χ2n) is 2.86. The average molecular weight is 219 g/mol. The molecule has 0 fully saturated rings. The summed E-state index contributed by atoms with van der Waals surface area (Å²) in [6.45, 7) is -0.0488. The molecule has 6 heteroatoms. The Balaban J connectivity index is 3.47. The zero-order chi connectivity index (χ0) is 10.9. The lowest BCUT2D eigenvalue weighted by Gasteiger charge is -2.06. The van der Waals surface area contributed by atoms with Gasteiger partial charge < -0.3 is 10.8 Å². The van der Waals surface area contributed by atoms with E-state index in [9.17, 15) is 17.9 Å². The van der Waals surface area contributed by atoms with E-state index in [4.69, 9.17) is 5.73 Å². The Bertz CT molecular complexity index is 456. The van der Waals surface area contributed by atoms with Crippen molar-refractivity contribution in [3.63, 3.8) is 0 Å². The Labute approximate surface area is 81.1 Å². The van der Waals surface area contributed by atoms with Crippen molar-refractivity contribution in [2.45, 2.75) is 11.4 Å². The van der Waals surface area contributed by atoms with Gasteiger partial charge in [-0.1, -0.05) is 6.07 Å². The highest BCUT2D eigenvalue weighted by molar-refractivity contribution is 7.90. The first-order valence-electron chi connectivity index (χ1n) is 3.78. The van der Waals surface area contributed by atoms with Crippen LogP contribution in [0.5, 0.6) is 5.75 Å². The molecule has 14 heavy (non-hydrogen) atoms. The van der Waals surface area contributed by atoms with Crippen LogP contribution in [0, 0.1) is 5.82 Å². The predicted octanol–water partition coefficient (Wildman–Crippen LogP) is 0.394. The third-order valence-corrected chi connectivity index (χ3v) is 2.90. The number of sulfone groups is 1. The van der Waals surface area contributed by atoms with Crippen LogP contribution in [0.3, 0.4) is 0 Å². The number of hydrogen-bond donors (Lipinski definition) is 2. The van der Waals surface area contributed by atoms with Gasteiger partial charge in [-0.15, -0.1) is 0 Å². The summed E-state index contributed by atoms with van der Waals surface area (Å²) in [6.07, 6.45) is 0.868. The highest BCUT2D eigenvalue weighted by Crippen LogP contribution is 2.26. The highest BCUT2D eigenvalue weighted by Gasteiger charge is 2.18. The summed E-state index contributed by atoms with van der Waals surface area (Å²) in [5.74, 6) is -1.84. The van der Waals surface area contributed by atoms with Crippen LogP contribution in [0.25, 0.3) is 0 Å². The van der Waals surface area contributed by atoms with E-state index in [1.807, 2.05) is 0 Å². The minimum absolute atomic E-state index is 0.0488. The van der Waals surface area contributed by atoms with E-state index in [0.29, 0.717) is 0 Å². The lowest BCUT2D eigenvalue weighted by Crippen LogP contribution is -2.04. The minimum Gasteiger partial charge on any atom is -0.505 e. The van der Waals surface area contributed by atoms with Gasteiger partial charge in [0.15, 0.2) is 21.4 Å². The molecule has 0 amide bonds. The third kappa shape index (κ3) is 1.85. The monoisotopic (exact) mass is 219 g/mol. The quantitative estimate of drug-likeness (QED) is 0.754. The fourth-order valence-electron chi connectivity index (χ4n) is 1.04. The molecule has 0 atom stereocenters. The third-order valence-electron chi connectivity index (χ3n) is 1.78. The van der Waals surface area contributed by atoms with Crippen molar-refractivity contribution in [2.75, 3.05) is 6.26 Å². The van der Waals surface area contributed by atoms with Gasteiger partial charge in [0.25, 0.3) is 0 Å². The number of aromatic hydroxyl groups is 1. The van der Waals surface area contributed by atoms with Crippen LogP contribution in [0.15, 0.2) is 17.0 Å². The largest absolute Gasteiger partial charge is 0.505 e. The number of phenolic OH excluding ortho intramolecular Hbond substituents is 1. The van der Waals surface area contributed by atoms with Gasteiger partial charge in [-0.25, -0.2) is 12.8 Å². The van der Waals surface area contributed by atoms with Crippen molar-refractivity contribution in [3.05, 3.63) is 23.5 Å². The summed E-state index contributed by atoms with van der Waals surface area (Å²) in [5.41, 5.74) is 5.38. The van der Waals surface area contributed by atoms with Gasteiger partial charge in [0, 0.05) is 18.4 Å². The fourth-order valence-corrected chi connectivity index (χ4v) is 1.77. The second kappa shape index (κ2) is 3.55. The maximum absolute atomic E-state index is 13.3. The molecule has 0 aliphatic rings. The van der Waals surface area contributed by atoms with E-state index in [1.54, 1.807) is 0 Å². The van der Waals surface area contributed by atoms with Gasteiger partial charge in [0.05, 0.1) is 0 Å². The van der Waals surface area contributed by atoms with E-state index in [-0.39, 0.29) is 12.1 Å². The van der Waals surface area contributed by atoms with Crippen molar-refractivity contribution in [1.82, 2.24) is 0 Å². The zero-order valence-corrected chi connectivity index (χ0v) is 8.31. The van der Waals surface area contributed by atoms with Crippen LogP contribution in [-0.4, -0.2) is 19.8 Å². The van der Waals surface area contributed by atoms with Gasteiger partial charge in [-0.05, 0) is 6.07 Å². The predicted molar refractivity (Wildman–Crippen MR) is 49.1 cm³/mol. The van der Waals surface area contributed by atoms with Crippen molar-refractivity contribution in [1.29, 1.82) is 0 Å². The second-order valence-corrected chi connectivity index (χ2v) is 4.85. The number of halogens is 1. The van der Waals surface area contributed by atoms with Gasteiger partial charge in [-0.3, -0.25) is 0 Å². The molecule has 0 aliphatic heterocycles. The van der Waals surface area contributed by atoms with Crippen molar-refractivity contribution in [3.8, 4) is 5.75 Å². The number of nitrogens with two attached hydrogens (primary N) is 1. The molecule has 0 heterocycles. The van der Waals surface area contributed by atoms with E-state index in [1.165, 1.54) is 6.07 Å². The summed E-state index contributed by atoms with van der Waals surface area (Å²) >= 11 is 0. The summed E-state index contributed by atoms with van der Waals surface area (Å²) < 4.78 is 35.3. The molecule has 0 radical (unpaired) electrons. The molecule has 4 nitrogen and oxygen atoms in total. The molecular formula is C8H10FNO3S. The molecule has 1 aromatic carbocycles. The summed E-state index contributed by atoms with van der Waals surface area (Å²) in [6, 6.07) is 2.38. The van der Waals surface area contributed by atoms with E-state index in [2.05, 4.69) is 0 Å². The standard InChI is InChI=1S/C8H10FNO3S/c1-14(12,13)6-3-2-5(4-10)8(11)7(6)9/h2-3,11H,4,10H2,1H3. The number of hydrogen-bond acceptors (Lipinski definition) is 4. The topological polar surface area (TPSA) is 80.4 Å². The van der Waals surface area contributed by atoms with Crippen LogP contribution in [0.4, 0.5) is 4.39 Å². The maximum atomic E-state index is 13.3. The number of rotatable bonds is 2. The fraction of sp³-hybridized carbons (Fsp3) is 0.250. The Morgan fingerprint density at radius 3 is 2.50 bits per heavy atom. The van der Waals surface area contributed by atoms with E-state index >= 15 is 0 Å². The molecule has 1 rings (SSSR count). The van der Waals surface area contributed by atoms with Gasteiger partial charge >= 0.3 is 0 Å². The summed E-state index contributed by atoms with van der Waals surface area (Å²) in [4.78, 5) is -0.521. The number of benzene rings is 1. The average Bonchev–Trinajstić information content (AvgIpc) is 2.07. The van der Waals surface area contributed by atoms with Crippen LogP contribution in [-0.2, 0) is 16.4 Å². The van der Waals surface area contributed by atoms with Gasteiger partial charge in [0.1, 0.15) is 4.90 Å². The molecule has 78 valence electrons. The lowest BCUT2D eigenvalue weighted by molar-refractivity contribution is 0.416. The minimum atomic E-state index is -3.66. The van der Waals surface area contributed by atoms with Gasteiger partial charge in [-0.2, -0.15) is 0 Å². The number of phenols is 1. The molecule has 0 saturated carbocycles. The maximum Gasteiger partial charge on any atom is 0.183 e. The zero-order valence-electron chi connectivity index (χ0n) is 7.49. The first-order valence-corrected chi connectivity index (χ1v) is 5.67. The van der Waals surface area contributed by atoms with Crippen LogP contribution >= 0.6 is 0 Å². The van der Waals surface area contributed by atoms with Gasteiger partial charge in [0.2, 0.25) is 0 Å². The Hall–Kier alpha value is -1.14. The Morgan fingerprint density at radius 1 is 1.50 bits per heavy atom. The molecule has 0 aliphatic carbocycles. The van der Waals surface area contributed by atoms with Crippen molar-refractivity contribution >= 4 is 9.84 Å². The Kier molecular flexibility index (Phi) is 2.77. The summed E-state index contributed by atoms with van der Waals surface area (Å²) in [7, 11) is -3.66. The van der Waals surface area contributed by atoms with E-state index in [0.717, 1.165) is 12.3 Å². The van der Waals surface area contributed by atoms with Crippen LogP contribution in [0.1, 0.15) is 5.56 Å². The summed E-state index contributed by atoms with van der Waals surface area (Å²) in [5, 5.41) is 9.22. The highest BCUT2D eigenvalue weighted by atomic mass is 32.2. The smallest absolute Gasteiger partial charge is 0.183 e. The van der Waals surface area contributed by atoms with Crippen molar-refractivity contribution in [2.24, 2.45) is 5.73 Å². The van der Waals surface area contributed by atoms with Crippen molar-refractivity contribution < 1.29 is 17.9 Å². The normalized spacial score (nSPS) is 11.6. The van der Waals surface area contributed by atoms with Crippen LogP contribution < -0.4 is 5.73 Å². The molecule has 0 bridgehead atoms. The molecule has 3 N–H and O–H groups in total. The SMILES string of the molecule is CS(=O)(=O)c1ccc(CN)c(O)c1F. The Morgan fingerprint density at radius 2 is 2.07 bits per heavy atom.